The molecule has 2 unspecified atom stereocenters. The van der Waals surface area contributed by atoms with Crippen molar-refractivity contribution in [3.63, 3.8) is 0 Å². The third kappa shape index (κ3) is 6.06. The predicted molar refractivity (Wildman–Crippen MR) is 105 cm³/mol. The van der Waals surface area contributed by atoms with Crippen molar-refractivity contribution in [2.24, 2.45) is 0 Å². The number of aliphatic hydroxyl groups excluding tert-OH is 1. The minimum absolute atomic E-state index is 0. The van der Waals surface area contributed by atoms with Crippen LogP contribution in [0.5, 0.6) is 5.75 Å². The number of benzene rings is 1. The Labute approximate surface area is 192 Å². The third-order valence-corrected chi connectivity index (χ3v) is 5.44. The minimum Gasteiger partial charge on any atom is -1.00 e. The van der Waals surface area contributed by atoms with Crippen LogP contribution in [0.25, 0.3) is 0 Å². The third-order valence-electron chi connectivity index (χ3n) is 4.46. The van der Waals surface area contributed by atoms with Gasteiger partial charge in [0, 0.05) is 11.9 Å². The molecule has 28 heavy (non-hydrogen) atoms. The largest absolute Gasteiger partial charge is 1.00 e. The van der Waals surface area contributed by atoms with Gasteiger partial charge in [0.25, 0.3) is 5.24 Å². The summed E-state index contributed by atoms with van der Waals surface area (Å²) in [7, 11) is 0. The molecule has 0 saturated carbocycles. The molecule has 0 aliphatic carbocycles. The zero-order valence-corrected chi connectivity index (χ0v) is 18.9. The van der Waals surface area contributed by atoms with E-state index in [0.29, 0.717) is 18.8 Å². The summed E-state index contributed by atoms with van der Waals surface area (Å²) < 4.78 is 5.79. The van der Waals surface area contributed by atoms with Crippen LogP contribution in [0, 0.1) is 0 Å². The van der Waals surface area contributed by atoms with E-state index >= 15 is 0 Å². The molecule has 1 saturated heterocycles. The SMILES string of the molecule is CCc1ccc(C(CO)COc2ccc(CC3SC(=O)NC3=O)cc2)nc1.[H-].[Na+]. The molecule has 1 aliphatic rings. The van der Waals surface area contributed by atoms with Crippen LogP contribution in [0.1, 0.15) is 31.1 Å². The molecule has 8 heteroatoms. The van der Waals surface area contributed by atoms with Crippen LogP contribution in [0.2, 0.25) is 0 Å². The zero-order chi connectivity index (χ0) is 19.2. The summed E-state index contributed by atoms with van der Waals surface area (Å²) in [5.41, 5.74) is 2.92. The number of nitrogens with one attached hydrogen (secondary N) is 1. The van der Waals surface area contributed by atoms with Gasteiger partial charge in [-0.3, -0.25) is 19.9 Å². The first-order chi connectivity index (χ1) is 13.1. The van der Waals surface area contributed by atoms with Gasteiger partial charge in [0.05, 0.1) is 24.4 Å². The molecule has 0 bridgehead atoms. The second-order valence-corrected chi connectivity index (χ2v) is 7.54. The van der Waals surface area contributed by atoms with Crippen LogP contribution >= 0.6 is 11.8 Å². The number of nitrogens with zero attached hydrogens (tertiary/aromatic N) is 1. The molecule has 6 nitrogen and oxygen atoms in total. The standard InChI is InChI=1S/C20H22N2O4S.Na.H/c1-2-13-5-8-17(21-10-13)15(11-23)12-26-16-6-3-14(4-7-16)9-18-19(24)22-20(25)27-18;;/h3-8,10,15,18,23H,2,9,11-12H2,1H3,(H,22,24,25);;/q;+1;-1. The number of carbonyl (C=O) groups excluding carboxylic acids is 2. The number of thioether (sulfide) groups is 1. The van der Waals surface area contributed by atoms with Crippen LogP contribution in [-0.2, 0) is 17.6 Å². The molecule has 1 fully saturated rings. The summed E-state index contributed by atoms with van der Waals surface area (Å²) in [6.45, 7) is 2.35. The van der Waals surface area contributed by atoms with Crippen LogP contribution in [0.4, 0.5) is 4.79 Å². The van der Waals surface area contributed by atoms with E-state index in [0.717, 1.165) is 35.0 Å². The van der Waals surface area contributed by atoms with Gasteiger partial charge in [-0.1, -0.05) is 36.9 Å². The number of amides is 2. The van der Waals surface area contributed by atoms with Gasteiger partial charge in [-0.05, 0) is 42.2 Å². The molecule has 0 radical (unpaired) electrons. The summed E-state index contributed by atoms with van der Waals surface area (Å²) in [5, 5.41) is 11.3. The first-order valence-electron chi connectivity index (χ1n) is 8.88. The second-order valence-electron chi connectivity index (χ2n) is 6.37. The molecule has 2 atom stereocenters. The van der Waals surface area contributed by atoms with Crippen molar-refractivity contribution in [1.29, 1.82) is 0 Å². The van der Waals surface area contributed by atoms with Gasteiger partial charge < -0.3 is 11.3 Å². The number of aliphatic hydroxyl groups is 1. The Bertz CT molecular complexity index is 805. The van der Waals surface area contributed by atoms with Gasteiger partial charge in [0.1, 0.15) is 5.75 Å². The van der Waals surface area contributed by atoms with Crippen molar-refractivity contribution in [1.82, 2.24) is 10.3 Å². The second kappa shape index (κ2) is 11.0. The number of rotatable bonds is 8. The van der Waals surface area contributed by atoms with Crippen molar-refractivity contribution in [2.75, 3.05) is 13.2 Å². The van der Waals surface area contributed by atoms with Crippen LogP contribution in [-0.4, -0.2) is 39.7 Å². The van der Waals surface area contributed by atoms with Crippen molar-refractivity contribution in [3.05, 3.63) is 59.4 Å². The maximum Gasteiger partial charge on any atom is 1.00 e. The summed E-state index contributed by atoms with van der Waals surface area (Å²) in [6.07, 6.45) is 3.25. The molecular formula is C20H23N2NaO4S. The van der Waals surface area contributed by atoms with Gasteiger partial charge in [-0.2, -0.15) is 0 Å². The van der Waals surface area contributed by atoms with Crippen molar-refractivity contribution >= 4 is 22.9 Å². The van der Waals surface area contributed by atoms with E-state index < -0.39 is 0 Å². The first-order valence-corrected chi connectivity index (χ1v) is 9.76. The molecule has 1 aromatic carbocycles. The fourth-order valence-electron chi connectivity index (χ4n) is 2.78. The normalized spacial score (nSPS) is 17.0. The Kier molecular flexibility index (Phi) is 8.98. The minimum atomic E-state index is -0.375. The number of aromatic nitrogens is 1. The van der Waals surface area contributed by atoms with Crippen molar-refractivity contribution < 1.29 is 50.4 Å². The number of carbonyl (C=O) groups is 2. The molecular weight excluding hydrogens is 387 g/mol. The Hall–Kier alpha value is -1.38. The Balaban J connectivity index is 0.00000210. The van der Waals surface area contributed by atoms with Gasteiger partial charge in [0.15, 0.2) is 0 Å². The van der Waals surface area contributed by atoms with Crippen molar-refractivity contribution in [2.45, 2.75) is 30.9 Å². The first kappa shape index (κ1) is 22.9. The van der Waals surface area contributed by atoms with E-state index in [1.54, 1.807) is 0 Å². The molecule has 1 aromatic heterocycles. The maximum absolute atomic E-state index is 11.6. The average molecular weight is 410 g/mol. The topological polar surface area (TPSA) is 88.5 Å². The molecule has 2 heterocycles. The Morgan fingerprint density at radius 2 is 1.93 bits per heavy atom. The number of pyridine rings is 1. The van der Waals surface area contributed by atoms with E-state index in [1.165, 1.54) is 0 Å². The zero-order valence-electron chi connectivity index (χ0n) is 17.1. The van der Waals surface area contributed by atoms with E-state index in [4.69, 9.17) is 4.74 Å². The monoisotopic (exact) mass is 410 g/mol. The number of aryl methyl sites for hydroxylation is 1. The van der Waals surface area contributed by atoms with Gasteiger partial charge in [-0.25, -0.2) is 0 Å². The summed E-state index contributed by atoms with van der Waals surface area (Å²) >= 11 is 1.02. The van der Waals surface area contributed by atoms with Crippen LogP contribution < -0.4 is 39.6 Å². The smallest absolute Gasteiger partial charge is 1.00 e. The quantitative estimate of drug-likeness (QED) is 0.587. The van der Waals surface area contributed by atoms with E-state index in [2.05, 4.69) is 17.2 Å². The molecule has 3 rings (SSSR count). The Morgan fingerprint density at radius 1 is 1.21 bits per heavy atom. The number of imide groups is 1. The number of hydrogen-bond acceptors (Lipinski definition) is 6. The molecule has 144 valence electrons. The van der Waals surface area contributed by atoms with Gasteiger partial charge >= 0.3 is 29.6 Å². The van der Waals surface area contributed by atoms with Crippen LogP contribution in [0.15, 0.2) is 42.6 Å². The molecule has 0 spiro atoms. The van der Waals surface area contributed by atoms with Gasteiger partial charge in [-0.15, -0.1) is 0 Å². The summed E-state index contributed by atoms with van der Waals surface area (Å²) in [6, 6.07) is 11.4. The van der Waals surface area contributed by atoms with E-state index in [9.17, 15) is 14.7 Å². The number of hydrogen-bond donors (Lipinski definition) is 2. The molecule has 2 amide bonds. The number of ether oxygens (including phenoxy) is 1. The Morgan fingerprint density at radius 3 is 2.46 bits per heavy atom. The molecule has 2 N–H and O–H groups in total. The molecule has 1 aliphatic heterocycles. The predicted octanol–water partition coefficient (Wildman–Crippen LogP) is -0.190. The summed E-state index contributed by atoms with van der Waals surface area (Å²) in [5.74, 6) is 0.250. The molecule has 2 aromatic rings. The average Bonchev–Trinajstić information content (AvgIpc) is 3.01. The van der Waals surface area contributed by atoms with Crippen LogP contribution in [0.3, 0.4) is 0 Å². The maximum atomic E-state index is 11.6. The fourth-order valence-corrected chi connectivity index (χ4v) is 3.64. The van der Waals surface area contributed by atoms with Gasteiger partial charge in [0.2, 0.25) is 5.91 Å². The fraction of sp³-hybridized carbons (Fsp3) is 0.350. The van der Waals surface area contributed by atoms with Crippen molar-refractivity contribution in [3.8, 4) is 5.75 Å². The van der Waals surface area contributed by atoms with E-state index in [1.807, 2.05) is 42.6 Å². The summed E-state index contributed by atoms with van der Waals surface area (Å²) in [4.78, 5) is 27.3. The van der Waals surface area contributed by atoms with E-state index in [-0.39, 0.29) is 59.9 Å².